The summed E-state index contributed by atoms with van der Waals surface area (Å²) in [5, 5.41) is 3.13. The highest BCUT2D eigenvalue weighted by molar-refractivity contribution is 5.98. The first-order chi connectivity index (χ1) is 13.0. The van der Waals surface area contributed by atoms with Gasteiger partial charge in [0.15, 0.2) is 6.61 Å². The fourth-order valence-corrected chi connectivity index (χ4v) is 3.31. The van der Waals surface area contributed by atoms with Crippen molar-refractivity contribution >= 4 is 17.5 Å². The molecule has 2 aromatic carbocycles. The molecule has 5 heteroatoms. The number of hydrogen-bond acceptors (Lipinski definition) is 3. The highest BCUT2D eigenvalue weighted by atomic mass is 16.5. The molecule has 0 fully saturated rings. The number of nitrogens with one attached hydrogen (secondary N) is 1. The minimum Gasteiger partial charge on any atom is -0.482 e. The SMILES string of the molecule is CC(C)C[C@H](NC(=O)CCN1C(=O)COc2ccccc21)c1ccccc1. The van der Waals surface area contributed by atoms with Gasteiger partial charge in [-0.2, -0.15) is 0 Å². The van der Waals surface area contributed by atoms with Gasteiger partial charge in [-0.05, 0) is 30.0 Å². The second-order valence-corrected chi connectivity index (χ2v) is 7.21. The lowest BCUT2D eigenvalue weighted by atomic mass is 9.97. The fourth-order valence-electron chi connectivity index (χ4n) is 3.31. The molecule has 0 spiro atoms. The summed E-state index contributed by atoms with van der Waals surface area (Å²) in [4.78, 5) is 26.5. The molecule has 5 nitrogen and oxygen atoms in total. The van der Waals surface area contributed by atoms with Crippen LogP contribution in [0.3, 0.4) is 0 Å². The van der Waals surface area contributed by atoms with Crippen molar-refractivity contribution in [1.82, 2.24) is 5.32 Å². The zero-order valence-corrected chi connectivity index (χ0v) is 15.9. The maximum absolute atomic E-state index is 12.6. The van der Waals surface area contributed by atoms with E-state index in [1.807, 2.05) is 54.6 Å². The van der Waals surface area contributed by atoms with Crippen LogP contribution in [-0.4, -0.2) is 25.0 Å². The number of ether oxygens (including phenoxy) is 1. The van der Waals surface area contributed by atoms with Crippen LogP contribution < -0.4 is 15.0 Å². The van der Waals surface area contributed by atoms with Gasteiger partial charge in [0, 0.05) is 13.0 Å². The second-order valence-electron chi connectivity index (χ2n) is 7.21. The highest BCUT2D eigenvalue weighted by Crippen LogP contribution is 2.31. The first-order valence-corrected chi connectivity index (χ1v) is 9.41. The van der Waals surface area contributed by atoms with E-state index in [9.17, 15) is 9.59 Å². The number of para-hydroxylation sites is 2. The van der Waals surface area contributed by atoms with Crippen molar-refractivity contribution in [2.45, 2.75) is 32.7 Å². The largest absolute Gasteiger partial charge is 0.482 e. The molecule has 0 aliphatic carbocycles. The van der Waals surface area contributed by atoms with Gasteiger partial charge < -0.3 is 15.0 Å². The number of carbonyl (C=O) groups is 2. The molecule has 1 aliphatic rings. The Balaban J connectivity index is 1.64. The highest BCUT2D eigenvalue weighted by Gasteiger charge is 2.26. The Morgan fingerprint density at radius 3 is 2.56 bits per heavy atom. The minimum absolute atomic E-state index is 0.0125. The van der Waals surface area contributed by atoms with Crippen LogP contribution in [0.2, 0.25) is 0 Å². The zero-order valence-electron chi connectivity index (χ0n) is 15.9. The molecule has 1 heterocycles. The molecule has 2 amide bonds. The quantitative estimate of drug-likeness (QED) is 0.813. The monoisotopic (exact) mass is 366 g/mol. The lowest BCUT2D eigenvalue weighted by Gasteiger charge is -2.29. The van der Waals surface area contributed by atoms with E-state index in [1.54, 1.807) is 4.90 Å². The average molecular weight is 366 g/mol. The Kier molecular flexibility index (Phi) is 6.12. The summed E-state index contributed by atoms with van der Waals surface area (Å²) in [6.07, 6.45) is 1.12. The molecule has 3 rings (SSSR count). The van der Waals surface area contributed by atoms with Crippen LogP contribution in [0.15, 0.2) is 54.6 Å². The summed E-state index contributed by atoms with van der Waals surface area (Å²) >= 11 is 0. The van der Waals surface area contributed by atoms with Gasteiger partial charge >= 0.3 is 0 Å². The summed E-state index contributed by atoms with van der Waals surface area (Å²) in [5.74, 6) is 0.965. The van der Waals surface area contributed by atoms with Crippen molar-refractivity contribution in [1.29, 1.82) is 0 Å². The van der Waals surface area contributed by atoms with Gasteiger partial charge in [-0.3, -0.25) is 9.59 Å². The van der Waals surface area contributed by atoms with Crippen molar-refractivity contribution in [2.75, 3.05) is 18.1 Å². The van der Waals surface area contributed by atoms with Gasteiger partial charge in [-0.15, -0.1) is 0 Å². The third kappa shape index (κ3) is 4.88. The molecule has 1 atom stereocenters. The normalized spacial score (nSPS) is 14.5. The van der Waals surface area contributed by atoms with E-state index in [4.69, 9.17) is 4.74 Å². The Labute approximate surface area is 160 Å². The molecule has 0 aromatic heterocycles. The summed E-state index contributed by atoms with van der Waals surface area (Å²) < 4.78 is 5.45. The van der Waals surface area contributed by atoms with E-state index >= 15 is 0 Å². The number of hydrogen-bond donors (Lipinski definition) is 1. The third-order valence-corrected chi connectivity index (χ3v) is 4.61. The van der Waals surface area contributed by atoms with E-state index in [2.05, 4.69) is 19.2 Å². The molecule has 0 saturated heterocycles. The van der Waals surface area contributed by atoms with Gasteiger partial charge in [0.2, 0.25) is 5.91 Å². The molecule has 0 bridgehead atoms. The number of amides is 2. The summed E-state index contributed by atoms with van der Waals surface area (Å²) in [5.41, 5.74) is 1.83. The summed E-state index contributed by atoms with van der Waals surface area (Å²) in [6, 6.07) is 17.4. The standard InChI is InChI=1S/C22H26N2O3/c1-16(2)14-18(17-8-4-3-5-9-17)23-21(25)12-13-24-19-10-6-7-11-20(19)27-15-22(24)26/h3-11,16,18H,12-15H2,1-2H3,(H,23,25)/t18-/m0/s1. The van der Waals surface area contributed by atoms with E-state index in [0.717, 1.165) is 17.7 Å². The first kappa shape index (κ1) is 19.0. The fraction of sp³-hybridized carbons (Fsp3) is 0.364. The van der Waals surface area contributed by atoms with Crippen LogP contribution in [0.4, 0.5) is 5.69 Å². The summed E-state index contributed by atoms with van der Waals surface area (Å²) in [6.45, 7) is 4.64. The Morgan fingerprint density at radius 1 is 1.11 bits per heavy atom. The average Bonchev–Trinajstić information content (AvgIpc) is 2.67. The van der Waals surface area contributed by atoms with E-state index in [0.29, 0.717) is 18.2 Å². The number of anilines is 1. The van der Waals surface area contributed by atoms with Gasteiger partial charge in [0.05, 0.1) is 11.7 Å². The molecule has 1 N–H and O–H groups in total. The van der Waals surface area contributed by atoms with Crippen LogP contribution in [-0.2, 0) is 9.59 Å². The van der Waals surface area contributed by atoms with Crippen LogP contribution in [0, 0.1) is 5.92 Å². The molecule has 0 saturated carbocycles. The van der Waals surface area contributed by atoms with Crippen LogP contribution in [0.5, 0.6) is 5.75 Å². The topological polar surface area (TPSA) is 58.6 Å². The Morgan fingerprint density at radius 2 is 1.81 bits per heavy atom. The van der Waals surface area contributed by atoms with E-state index in [1.165, 1.54) is 0 Å². The van der Waals surface area contributed by atoms with Gasteiger partial charge in [-0.1, -0.05) is 56.3 Å². The number of rotatable bonds is 7. The zero-order chi connectivity index (χ0) is 19.2. The molecule has 0 radical (unpaired) electrons. The van der Waals surface area contributed by atoms with Gasteiger partial charge in [-0.25, -0.2) is 0 Å². The molecule has 0 unspecified atom stereocenters. The van der Waals surface area contributed by atoms with Crippen molar-refractivity contribution in [3.63, 3.8) is 0 Å². The van der Waals surface area contributed by atoms with Crippen LogP contribution in [0.25, 0.3) is 0 Å². The number of nitrogens with zero attached hydrogens (tertiary/aromatic N) is 1. The number of benzene rings is 2. The smallest absolute Gasteiger partial charge is 0.265 e. The predicted octanol–water partition coefficient (Wildman–Crippen LogP) is 3.71. The van der Waals surface area contributed by atoms with Crippen molar-refractivity contribution in [3.05, 3.63) is 60.2 Å². The maximum Gasteiger partial charge on any atom is 0.265 e. The molecule has 27 heavy (non-hydrogen) atoms. The predicted molar refractivity (Wildman–Crippen MR) is 106 cm³/mol. The molecule has 142 valence electrons. The molecule has 2 aromatic rings. The number of carbonyl (C=O) groups excluding carboxylic acids is 2. The first-order valence-electron chi connectivity index (χ1n) is 9.41. The summed E-state index contributed by atoms with van der Waals surface area (Å²) in [7, 11) is 0. The van der Waals surface area contributed by atoms with Crippen LogP contribution in [0.1, 0.15) is 38.3 Å². The molecule has 1 aliphatic heterocycles. The van der Waals surface area contributed by atoms with Crippen molar-refractivity contribution in [3.8, 4) is 5.75 Å². The lowest BCUT2D eigenvalue weighted by molar-refractivity contribution is -0.122. The minimum atomic E-state index is -0.122. The van der Waals surface area contributed by atoms with Crippen molar-refractivity contribution in [2.24, 2.45) is 5.92 Å². The van der Waals surface area contributed by atoms with Crippen molar-refractivity contribution < 1.29 is 14.3 Å². The third-order valence-electron chi connectivity index (χ3n) is 4.61. The maximum atomic E-state index is 12.6. The lowest BCUT2D eigenvalue weighted by Crippen LogP contribution is -2.41. The van der Waals surface area contributed by atoms with E-state index < -0.39 is 0 Å². The number of fused-ring (bicyclic) bond motifs is 1. The second kappa shape index (κ2) is 8.71. The molecular formula is C22H26N2O3. The van der Waals surface area contributed by atoms with Gasteiger partial charge in [0.25, 0.3) is 5.91 Å². The Hall–Kier alpha value is -2.82. The van der Waals surface area contributed by atoms with Gasteiger partial charge in [0.1, 0.15) is 5.75 Å². The Bertz CT molecular complexity index is 789. The van der Waals surface area contributed by atoms with Crippen LogP contribution >= 0.6 is 0 Å². The molecular weight excluding hydrogens is 340 g/mol. The van der Waals surface area contributed by atoms with E-state index in [-0.39, 0.29) is 30.9 Å².